The summed E-state index contributed by atoms with van der Waals surface area (Å²) in [5, 5.41) is 2.86. The highest BCUT2D eigenvalue weighted by atomic mass is 79.9. The Morgan fingerprint density at radius 1 is 1.45 bits per heavy atom. The van der Waals surface area contributed by atoms with Crippen molar-refractivity contribution in [2.24, 2.45) is 0 Å². The predicted octanol–water partition coefficient (Wildman–Crippen LogP) is 3.41. The van der Waals surface area contributed by atoms with Crippen LogP contribution in [0.25, 0.3) is 0 Å². The first-order chi connectivity index (χ1) is 9.56. The number of carbonyl (C=O) groups excluding carboxylic acids is 1. The number of carbonyl (C=O) groups is 1. The van der Waals surface area contributed by atoms with Crippen molar-refractivity contribution in [3.8, 4) is 5.75 Å². The first-order valence-corrected chi connectivity index (χ1v) is 7.82. The van der Waals surface area contributed by atoms with Crippen LogP contribution >= 0.6 is 15.9 Å². The molecule has 1 heterocycles. The van der Waals surface area contributed by atoms with Gasteiger partial charge < -0.3 is 10.1 Å². The molecule has 1 saturated heterocycles. The van der Waals surface area contributed by atoms with Gasteiger partial charge in [0.1, 0.15) is 5.75 Å². The zero-order valence-corrected chi connectivity index (χ0v) is 13.5. The van der Waals surface area contributed by atoms with Crippen LogP contribution in [0.2, 0.25) is 0 Å². The predicted molar refractivity (Wildman–Crippen MR) is 83.0 cm³/mol. The number of nitrogens with zero attached hydrogens (tertiary/aromatic N) is 1. The summed E-state index contributed by atoms with van der Waals surface area (Å²) in [4.78, 5) is 14.2. The highest BCUT2D eigenvalue weighted by molar-refractivity contribution is 9.10. The second kappa shape index (κ2) is 7.09. The topological polar surface area (TPSA) is 41.6 Å². The summed E-state index contributed by atoms with van der Waals surface area (Å²) < 4.78 is 6.20. The fourth-order valence-corrected chi connectivity index (χ4v) is 2.87. The Morgan fingerprint density at radius 3 is 2.80 bits per heavy atom. The van der Waals surface area contributed by atoms with E-state index in [1.54, 1.807) is 12.1 Å². The lowest BCUT2D eigenvalue weighted by atomic mass is 10.2. The largest absolute Gasteiger partial charge is 0.412 e. The van der Waals surface area contributed by atoms with Crippen molar-refractivity contribution >= 4 is 22.0 Å². The summed E-state index contributed by atoms with van der Waals surface area (Å²) in [5.74, 6) is 0.554. The smallest absolute Gasteiger partial charge is 0.410 e. The van der Waals surface area contributed by atoms with Crippen molar-refractivity contribution in [2.45, 2.75) is 38.8 Å². The molecule has 2 rings (SSSR count). The molecule has 0 saturated carbocycles. The third-order valence-corrected chi connectivity index (χ3v) is 4.12. The van der Waals surface area contributed by atoms with Gasteiger partial charge in [0.15, 0.2) is 0 Å². The van der Waals surface area contributed by atoms with Crippen molar-refractivity contribution in [2.75, 3.05) is 13.1 Å². The molecule has 1 aliphatic rings. The molecule has 0 unspecified atom stereocenters. The van der Waals surface area contributed by atoms with Gasteiger partial charge in [-0.3, -0.25) is 4.90 Å². The zero-order chi connectivity index (χ0) is 14.5. The van der Waals surface area contributed by atoms with Crippen molar-refractivity contribution in [3.05, 3.63) is 28.7 Å². The van der Waals surface area contributed by atoms with Gasteiger partial charge in [0.25, 0.3) is 0 Å². The van der Waals surface area contributed by atoms with Gasteiger partial charge in [0.05, 0.1) is 0 Å². The molecule has 0 aromatic heterocycles. The molecular weight excluding hydrogens is 320 g/mol. The van der Waals surface area contributed by atoms with E-state index in [9.17, 15) is 4.79 Å². The Labute approximate surface area is 128 Å². The number of amides is 1. The number of likely N-dealkylation sites (tertiary alicyclic amines) is 1. The maximum atomic E-state index is 11.8. The number of nitrogens with one attached hydrogen (secondary N) is 1. The fourth-order valence-electron chi connectivity index (χ4n) is 2.60. The van der Waals surface area contributed by atoms with E-state index in [0.29, 0.717) is 24.4 Å². The highest BCUT2D eigenvalue weighted by Gasteiger charge is 2.26. The Hall–Kier alpha value is -1.07. The lowest BCUT2D eigenvalue weighted by Crippen LogP contribution is -2.43. The molecule has 0 aliphatic carbocycles. The summed E-state index contributed by atoms with van der Waals surface area (Å²) >= 11 is 3.35. The normalized spacial score (nSPS) is 19.3. The van der Waals surface area contributed by atoms with E-state index in [0.717, 1.165) is 17.4 Å². The minimum atomic E-state index is -0.386. The van der Waals surface area contributed by atoms with E-state index in [4.69, 9.17) is 4.74 Å². The third kappa shape index (κ3) is 4.21. The number of rotatable bonds is 4. The molecule has 1 aromatic rings. The quantitative estimate of drug-likeness (QED) is 0.913. The Kier molecular flexibility index (Phi) is 5.43. The highest BCUT2D eigenvalue weighted by Crippen LogP contribution is 2.19. The molecule has 0 radical (unpaired) electrons. The molecule has 1 atom stereocenters. The van der Waals surface area contributed by atoms with E-state index in [1.165, 1.54) is 6.42 Å². The van der Waals surface area contributed by atoms with E-state index < -0.39 is 0 Å². The lowest BCUT2D eigenvalue weighted by molar-refractivity contribution is 0.180. The molecule has 0 bridgehead atoms. The summed E-state index contributed by atoms with van der Waals surface area (Å²) in [7, 11) is 0. The van der Waals surface area contributed by atoms with Crippen LogP contribution < -0.4 is 10.1 Å². The molecule has 1 aromatic carbocycles. The van der Waals surface area contributed by atoms with Crippen molar-refractivity contribution in [1.29, 1.82) is 0 Å². The molecule has 1 amide bonds. The van der Waals surface area contributed by atoms with Crippen LogP contribution in [0.3, 0.4) is 0 Å². The summed E-state index contributed by atoms with van der Waals surface area (Å²) in [6.45, 7) is 6.15. The molecule has 1 aliphatic heterocycles. The van der Waals surface area contributed by atoms with E-state index >= 15 is 0 Å². The third-order valence-electron chi connectivity index (χ3n) is 3.59. The summed E-state index contributed by atoms with van der Waals surface area (Å²) in [5.41, 5.74) is 0. The number of hydrogen-bond acceptors (Lipinski definition) is 3. The number of halogens is 1. The van der Waals surface area contributed by atoms with Gasteiger partial charge in [-0.05, 0) is 57.5 Å². The van der Waals surface area contributed by atoms with Crippen molar-refractivity contribution < 1.29 is 9.53 Å². The van der Waals surface area contributed by atoms with Gasteiger partial charge in [-0.2, -0.15) is 0 Å². The SMILES string of the molecule is CC(C)N1CCC[C@@H]1CNC(=O)Oc1ccc(Br)cc1. The second-order valence-electron chi connectivity index (χ2n) is 5.35. The summed E-state index contributed by atoms with van der Waals surface area (Å²) in [6.07, 6.45) is 1.95. The molecular formula is C15H21BrN2O2. The average molecular weight is 341 g/mol. The van der Waals surface area contributed by atoms with Crippen LogP contribution in [0, 0.1) is 0 Å². The monoisotopic (exact) mass is 340 g/mol. The molecule has 110 valence electrons. The first kappa shape index (κ1) is 15.3. The Balaban J connectivity index is 1.79. The molecule has 4 nitrogen and oxygen atoms in total. The van der Waals surface area contributed by atoms with Crippen LogP contribution in [0.15, 0.2) is 28.7 Å². The zero-order valence-electron chi connectivity index (χ0n) is 11.9. The van der Waals surface area contributed by atoms with Crippen molar-refractivity contribution in [3.63, 3.8) is 0 Å². The van der Waals surface area contributed by atoms with Gasteiger partial charge >= 0.3 is 6.09 Å². The standard InChI is InChI=1S/C15H21BrN2O2/c1-11(2)18-9-3-4-13(18)10-17-15(19)20-14-7-5-12(16)6-8-14/h5-8,11,13H,3-4,9-10H2,1-2H3,(H,17,19)/t13-/m1/s1. The van der Waals surface area contributed by atoms with Crippen LogP contribution in [0.5, 0.6) is 5.75 Å². The molecule has 0 spiro atoms. The first-order valence-electron chi connectivity index (χ1n) is 7.03. The van der Waals surface area contributed by atoms with Gasteiger partial charge in [0.2, 0.25) is 0 Å². The van der Waals surface area contributed by atoms with E-state index in [1.807, 2.05) is 12.1 Å². The van der Waals surface area contributed by atoms with Crippen LogP contribution in [0.1, 0.15) is 26.7 Å². The summed E-state index contributed by atoms with van der Waals surface area (Å²) in [6, 6.07) is 8.17. The minimum absolute atomic E-state index is 0.386. The molecule has 1 fully saturated rings. The Morgan fingerprint density at radius 2 is 2.15 bits per heavy atom. The van der Waals surface area contributed by atoms with E-state index in [2.05, 4.69) is 40.0 Å². The second-order valence-corrected chi connectivity index (χ2v) is 6.27. The lowest BCUT2D eigenvalue weighted by Gasteiger charge is -2.28. The van der Waals surface area contributed by atoms with Crippen LogP contribution in [-0.2, 0) is 0 Å². The minimum Gasteiger partial charge on any atom is -0.410 e. The maximum absolute atomic E-state index is 11.8. The van der Waals surface area contributed by atoms with Gasteiger partial charge in [-0.15, -0.1) is 0 Å². The maximum Gasteiger partial charge on any atom is 0.412 e. The van der Waals surface area contributed by atoms with E-state index in [-0.39, 0.29) is 6.09 Å². The molecule has 1 N–H and O–H groups in total. The van der Waals surface area contributed by atoms with Gasteiger partial charge in [-0.1, -0.05) is 15.9 Å². The van der Waals surface area contributed by atoms with Gasteiger partial charge in [0, 0.05) is 23.1 Å². The Bertz CT molecular complexity index is 448. The number of ether oxygens (including phenoxy) is 1. The average Bonchev–Trinajstić information content (AvgIpc) is 2.88. The number of hydrogen-bond donors (Lipinski definition) is 1. The fraction of sp³-hybridized carbons (Fsp3) is 0.533. The molecule has 5 heteroatoms. The van der Waals surface area contributed by atoms with Crippen LogP contribution in [0.4, 0.5) is 4.79 Å². The van der Waals surface area contributed by atoms with Crippen molar-refractivity contribution in [1.82, 2.24) is 10.2 Å². The molecule has 20 heavy (non-hydrogen) atoms. The van der Waals surface area contributed by atoms with Gasteiger partial charge in [-0.25, -0.2) is 4.79 Å². The van der Waals surface area contributed by atoms with Crippen LogP contribution in [-0.4, -0.2) is 36.2 Å². The number of benzene rings is 1.